The molecular weight excluding hydrogens is 422 g/mol. The molecule has 0 unspecified atom stereocenters. The molecule has 5 nitrogen and oxygen atoms in total. The molecule has 0 aromatic heterocycles. The Morgan fingerprint density at radius 3 is 2.29 bits per heavy atom. The molecule has 1 aliphatic heterocycles. The zero-order chi connectivity index (χ0) is 20.1. The van der Waals surface area contributed by atoms with Crippen molar-refractivity contribution < 1.29 is 19.1 Å². The molecule has 1 heterocycles. The lowest BCUT2D eigenvalue weighted by Crippen LogP contribution is -2.63. The highest BCUT2D eigenvalue weighted by atomic mass is 79.9. The fraction of sp³-hybridized carbons (Fsp3) is 0.364. The van der Waals surface area contributed by atoms with E-state index in [-0.39, 0.29) is 13.2 Å². The van der Waals surface area contributed by atoms with Gasteiger partial charge < -0.3 is 14.4 Å². The molecule has 148 valence electrons. The van der Waals surface area contributed by atoms with Crippen molar-refractivity contribution in [2.45, 2.75) is 38.8 Å². The van der Waals surface area contributed by atoms with Crippen LogP contribution in [0, 0.1) is 0 Å². The van der Waals surface area contributed by atoms with Gasteiger partial charge in [0.25, 0.3) is 0 Å². The maximum absolute atomic E-state index is 13.1. The van der Waals surface area contributed by atoms with Crippen molar-refractivity contribution in [2.24, 2.45) is 0 Å². The Hall–Kier alpha value is -2.34. The third-order valence-corrected chi connectivity index (χ3v) is 5.45. The summed E-state index contributed by atoms with van der Waals surface area (Å²) in [5, 5.41) is 0. The largest absolute Gasteiger partial charge is 0.464 e. The molecule has 0 saturated carbocycles. The van der Waals surface area contributed by atoms with Crippen molar-refractivity contribution in [3.05, 3.63) is 64.1 Å². The smallest absolute Gasteiger partial charge is 0.343 e. The van der Waals surface area contributed by atoms with Crippen LogP contribution in [0.25, 0.3) is 0 Å². The molecule has 0 bridgehead atoms. The Kier molecular flexibility index (Phi) is 6.39. The van der Waals surface area contributed by atoms with E-state index in [0.29, 0.717) is 19.4 Å². The lowest BCUT2D eigenvalue weighted by Gasteiger charge is -2.45. The monoisotopic (exact) mass is 445 g/mol. The number of aryl methyl sites for hydroxylation is 1. The van der Waals surface area contributed by atoms with E-state index in [1.54, 1.807) is 13.8 Å². The van der Waals surface area contributed by atoms with Crippen molar-refractivity contribution in [2.75, 3.05) is 18.1 Å². The number of carbonyl (C=O) groups is 2. The van der Waals surface area contributed by atoms with Gasteiger partial charge in [-0.1, -0.05) is 46.3 Å². The number of ether oxygens (including phenoxy) is 2. The molecule has 0 amide bonds. The number of hydrogen-bond donors (Lipinski definition) is 0. The molecule has 0 atom stereocenters. The van der Waals surface area contributed by atoms with Gasteiger partial charge in [0.2, 0.25) is 5.54 Å². The summed E-state index contributed by atoms with van der Waals surface area (Å²) in [6.45, 7) is 4.28. The Morgan fingerprint density at radius 2 is 1.68 bits per heavy atom. The molecule has 2 aromatic rings. The minimum atomic E-state index is -1.50. The van der Waals surface area contributed by atoms with Gasteiger partial charge in [0.15, 0.2) is 0 Å². The molecule has 0 fully saturated rings. The normalized spacial score (nSPS) is 14.9. The fourth-order valence-corrected chi connectivity index (χ4v) is 4.08. The van der Waals surface area contributed by atoms with Crippen LogP contribution < -0.4 is 4.90 Å². The Bertz CT molecular complexity index is 835. The predicted octanol–water partition coefficient (Wildman–Crippen LogP) is 4.27. The Labute approximate surface area is 173 Å². The first-order valence-electron chi connectivity index (χ1n) is 9.47. The summed E-state index contributed by atoms with van der Waals surface area (Å²) < 4.78 is 11.7. The molecule has 6 heteroatoms. The summed E-state index contributed by atoms with van der Waals surface area (Å²) >= 11 is 3.51. The third kappa shape index (κ3) is 3.78. The number of benzene rings is 2. The van der Waals surface area contributed by atoms with Crippen LogP contribution in [0.5, 0.6) is 0 Å². The maximum Gasteiger partial charge on any atom is 0.343 e. The number of halogens is 1. The molecule has 1 aliphatic rings. The third-order valence-electron chi connectivity index (χ3n) is 4.96. The number of nitrogens with zero attached hydrogens (tertiary/aromatic N) is 1. The first-order chi connectivity index (χ1) is 13.5. The van der Waals surface area contributed by atoms with Gasteiger partial charge in [-0.15, -0.1) is 0 Å². The molecule has 0 aliphatic carbocycles. The average molecular weight is 446 g/mol. The summed E-state index contributed by atoms with van der Waals surface area (Å²) in [5.74, 6) is -1.11. The number of anilines is 1. The summed E-state index contributed by atoms with van der Waals surface area (Å²) in [7, 11) is 0. The van der Waals surface area contributed by atoms with Gasteiger partial charge in [0, 0.05) is 16.7 Å². The SMILES string of the molecule is CCOC(=O)C1(C(=O)OCC)CCc2cc(Br)ccc2N1Cc1ccccc1. The van der Waals surface area contributed by atoms with Crippen LogP contribution in [0.2, 0.25) is 0 Å². The van der Waals surface area contributed by atoms with Crippen molar-refractivity contribution >= 4 is 33.6 Å². The van der Waals surface area contributed by atoms with Gasteiger partial charge in [0.1, 0.15) is 0 Å². The van der Waals surface area contributed by atoms with Crippen LogP contribution in [0.3, 0.4) is 0 Å². The second-order valence-electron chi connectivity index (χ2n) is 6.65. The molecule has 28 heavy (non-hydrogen) atoms. The lowest BCUT2D eigenvalue weighted by atomic mass is 9.83. The molecule has 0 radical (unpaired) electrons. The van der Waals surface area contributed by atoms with Crippen LogP contribution in [-0.2, 0) is 32.0 Å². The molecule has 0 spiro atoms. The van der Waals surface area contributed by atoms with Crippen molar-refractivity contribution in [1.82, 2.24) is 0 Å². The number of fused-ring (bicyclic) bond motifs is 1. The van der Waals surface area contributed by atoms with Gasteiger partial charge in [-0.2, -0.15) is 0 Å². The van der Waals surface area contributed by atoms with Gasteiger partial charge in [-0.25, -0.2) is 9.59 Å². The summed E-state index contributed by atoms with van der Waals surface area (Å²) in [4.78, 5) is 28.1. The van der Waals surface area contributed by atoms with Gasteiger partial charge >= 0.3 is 11.9 Å². The van der Waals surface area contributed by atoms with E-state index in [4.69, 9.17) is 9.47 Å². The second-order valence-corrected chi connectivity index (χ2v) is 7.56. The molecule has 3 rings (SSSR count). The topological polar surface area (TPSA) is 55.8 Å². The van der Waals surface area contributed by atoms with Gasteiger partial charge in [-0.3, -0.25) is 0 Å². The van der Waals surface area contributed by atoms with E-state index in [0.717, 1.165) is 21.3 Å². The highest BCUT2D eigenvalue weighted by Gasteiger charge is 2.56. The Morgan fingerprint density at radius 1 is 1.04 bits per heavy atom. The maximum atomic E-state index is 13.1. The van der Waals surface area contributed by atoms with E-state index < -0.39 is 17.5 Å². The number of rotatable bonds is 6. The molecule has 0 saturated heterocycles. The van der Waals surface area contributed by atoms with E-state index >= 15 is 0 Å². The van der Waals surface area contributed by atoms with Crippen LogP contribution in [0.4, 0.5) is 5.69 Å². The standard InChI is InChI=1S/C22H24BrNO4/c1-3-27-20(25)22(21(26)28-4-2)13-12-17-14-18(23)10-11-19(17)24(22)15-16-8-6-5-7-9-16/h5-11,14H,3-4,12-13,15H2,1-2H3. The van der Waals surface area contributed by atoms with Crippen LogP contribution in [-0.4, -0.2) is 30.7 Å². The van der Waals surface area contributed by atoms with Gasteiger partial charge in [0.05, 0.1) is 13.2 Å². The number of hydrogen-bond acceptors (Lipinski definition) is 5. The Balaban J connectivity index is 2.15. The fourth-order valence-electron chi connectivity index (χ4n) is 3.67. The van der Waals surface area contributed by atoms with E-state index in [9.17, 15) is 9.59 Å². The average Bonchev–Trinajstić information content (AvgIpc) is 2.69. The summed E-state index contributed by atoms with van der Waals surface area (Å²) in [6, 6.07) is 15.7. The van der Waals surface area contributed by atoms with Crippen LogP contribution in [0.1, 0.15) is 31.4 Å². The first kappa shape index (κ1) is 20.4. The van der Waals surface area contributed by atoms with E-state index in [1.165, 1.54) is 0 Å². The van der Waals surface area contributed by atoms with Crippen molar-refractivity contribution in [3.63, 3.8) is 0 Å². The first-order valence-corrected chi connectivity index (χ1v) is 10.3. The number of esters is 2. The van der Waals surface area contributed by atoms with Gasteiger partial charge in [-0.05, 0) is 56.0 Å². The molecule has 2 aromatic carbocycles. The second kappa shape index (κ2) is 8.78. The molecule has 0 N–H and O–H groups in total. The van der Waals surface area contributed by atoms with E-state index in [2.05, 4.69) is 15.9 Å². The highest BCUT2D eigenvalue weighted by molar-refractivity contribution is 9.10. The van der Waals surface area contributed by atoms with Crippen molar-refractivity contribution in [3.8, 4) is 0 Å². The lowest BCUT2D eigenvalue weighted by molar-refractivity contribution is -0.165. The van der Waals surface area contributed by atoms with Crippen LogP contribution >= 0.6 is 15.9 Å². The zero-order valence-electron chi connectivity index (χ0n) is 16.1. The minimum absolute atomic E-state index is 0.201. The summed E-state index contributed by atoms with van der Waals surface area (Å²) in [6.07, 6.45) is 0.888. The quantitative estimate of drug-likeness (QED) is 0.490. The summed E-state index contributed by atoms with van der Waals surface area (Å²) in [5.41, 5.74) is 1.42. The van der Waals surface area contributed by atoms with Crippen LogP contribution in [0.15, 0.2) is 53.0 Å². The highest BCUT2D eigenvalue weighted by Crippen LogP contribution is 2.41. The predicted molar refractivity (Wildman–Crippen MR) is 111 cm³/mol. The number of carbonyl (C=O) groups excluding carboxylic acids is 2. The van der Waals surface area contributed by atoms with E-state index in [1.807, 2.05) is 53.4 Å². The molecular formula is C22H24BrNO4. The zero-order valence-corrected chi connectivity index (χ0v) is 17.7. The van der Waals surface area contributed by atoms with Crippen molar-refractivity contribution in [1.29, 1.82) is 0 Å². The minimum Gasteiger partial charge on any atom is -0.464 e.